The van der Waals surface area contributed by atoms with Crippen LogP contribution in [0.15, 0.2) is 30.6 Å². The lowest BCUT2D eigenvalue weighted by Gasteiger charge is -2.24. The molecule has 0 aliphatic heterocycles. The molecule has 0 radical (unpaired) electrons. The molecule has 1 aromatic carbocycles. The van der Waals surface area contributed by atoms with E-state index in [-0.39, 0.29) is 6.04 Å². The summed E-state index contributed by atoms with van der Waals surface area (Å²) in [7, 11) is 1.73. The molecule has 1 N–H and O–H groups in total. The highest BCUT2D eigenvalue weighted by Gasteiger charge is 2.21. The van der Waals surface area contributed by atoms with Gasteiger partial charge in [-0.3, -0.25) is 4.98 Å². The lowest BCUT2D eigenvalue weighted by atomic mass is 9.91. The average molecular weight is 284 g/mol. The van der Waals surface area contributed by atoms with Crippen molar-refractivity contribution in [2.75, 3.05) is 13.7 Å². The van der Waals surface area contributed by atoms with E-state index in [2.05, 4.69) is 56.2 Å². The van der Waals surface area contributed by atoms with Crippen molar-refractivity contribution in [1.29, 1.82) is 0 Å². The van der Waals surface area contributed by atoms with E-state index in [4.69, 9.17) is 4.74 Å². The highest BCUT2D eigenvalue weighted by atomic mass is 16.5. The first-order valence-corrected chi connectivity index (χ1v) is 7.37. The lowest BCUT2D eigenvalue weighted by molar-refractivity contribution is 0.403. The third-order valence-electron chi connectivity index (χ3n) is 3.80. The third kappa shape index (κ3) is 3.24. The van der Waals surface area contributed by atoms with Gasteiger partial charge in [-0.05, 0) is 61.7 Å². The normalized spacial score (nSPS) is 12.2. The largest absolute Gasteiger partial charge is 0.496 e. The first kappa shape index (κ1) is 15.5. The molecule has 0 aliphatic rings. The van der Waals surface area contributed by atoms with Crippen LogP contribution in [0.5, 0.6) is 5.75 Å². The van der Waals surface area contributed by atoms with Gasteiger partial charge in [0.2, 0.25) is 0 Å². The van der Waals surface area contributed by atoms with Crippen molar-refractivity contribution in [3.63, 3.8) is 0 Å². The van der Waals surface area contributed by atoms with Crippen molar-refractivity contribution in [1.82, 2.24) is 10.3 Å². The van der Waals surface area contributed by atoms with Crippen molar-refractivity contribution in [2.24, 2.45) is 0 Å². The molecule has 21 heavy (non-hydrogen) atoms. The second-order valence-corrected chi connectivity index (χ2v) is 5.42. The number of methoxy groups -OCH3 is 1. The van der Waals surface area contributed by atoms with Gasteiger partial charge in [0, 0.05) is 18.0 Å². The molecule has 3 heteroatoms. The van der Waals surface area contributed by atoms with E-state index in [9.17, 15) is 0 Å². The molecule has 1 heterocycles. The molecule has 1 unspecified atom stereocenters. The van der Waals surface area contributed by atoms with Gasteiger partial charge in [-0.1, -0.05) is 13.0 Å². The van der Waals surface area contributed by atoms with Crippen LogP contribution in [0.4, 0.5) is 0 Å². The van der Waals surface area contributed by atoms with Crippen LogP contribution >= 0.6 is 0 Å². The van der Waals surface area contributed by atoms with Gasteiger partial charge in [0.1, 0.15) is 5.75 Å². The van der Waals surface area contributed by atoms with Gasteiger partial charge in [0.25, 0.3) is 0 Å². The Morgan fingerprint density at radius 3 is 2.57 bits per heavy atom. The Kier molecular flexibility index (Phi) is 4.97. The second kappa shape index (κ2) is 6.72. The summed E-state index contributed by atoms with van der Waals surface area (Å²) in [5, 5.41) is 3.57. The number of ether oxygens (including phenoxy) is 1. The van der Waals surface area contributed by atoms with Gasteiger partial charge >= 0.3 is 0 Å². The zero-order valence-corrected chi connectivity index (χ0v) is 13.5. The van der Waals surface area contributed by atoms with Gasteiger partial charge in [-0.2, -0.15) is 0 Å². The van der Waals surface area contributed by atoms with Crippen molar-refractivity contribution >= 4 is 0 Å². The van der Waals surface area contributed by atoms with Gasteiger partial charge in [-0.25, -0.2) is 0 Å². The van der Waals surface area contributed by atoms with Gasteiger partial charge in [0.15, 0.2) is 0 Å². The van der Waals surface area contributed by atoms with Crippen molar-refractivity contribution in [3.05, 3.63) is 58.4 Å². The quantitative estimate of drug-likeness (QED) is 0.908. The summed E-state index contributed by atoms with van der Waals surface area (Å²) in [4.78, 5) is 4.30. The first-order valence-electron chi connectivity index (χ1n) is 7.37. The van der Waals surface area contributed by atoms with Crippen LogP contribution < -0.4 is 10.1 Å². The topological polar surface area (TPSA) is 34.2 Å². The Morgan fingerprint density at radius 1 is 1.19 bits per heavy atom. The maximum Gasteiger partial charge on any atom is 0.124 e. The predicted molar refractivity (Wildman–Crippen MR) is 87.0 cm³/mol. The van der Waals surface area contributed by atoms with Gasteiger partial charge in [0.05, 0.1) is 13.2 Å². The molecule has 0 aliphatic carbocycles. The Balaban J connectivity index is 2.61. The molecule has 1 atom stereocenters. The van der Waals surface area contributed by atoms with Crippen molar-refractivity contribution in [2.45, 2.75) is 33.7 Å². The fraction of sp³-hybridized carbons (Fsp3) is 0.389. The minimum absolute atomic E-state index is 0.0965. The number of aromatic nitrogens is 1. The SMILES string of the molecule is CCNC(c1cnccc1C)c1c(C)cc(C)cc1OC. The number of hydrogen-bond donors (Lipinski definition) is 1. The van der Waals surface area contributed by atoms with Crippen molar-refractivity contribution < 1.29 is 4.74 Å². The van der Waals surface area contributed by atoms with Crippen LogP contribution in [0.1, 0.15) is 40.8 Å². The lowest BCUT2D eigenvalue weighted by Crippen LogP contribution is -2.24. The Morgan fingerprint density at radius 2 is 1.95 bits per heavy atom. The van der Waals surface area contributed by atoms with E-state index in [1.54, 1.807) is 7.11 Å². The Bertz CT molecular complexity index is 623. The number of pyridine rings is 1. The highest BCUT2D eigenvalue weighted by molar-refractivity contribution is 5.49. The van der Waals surface area contributed by atoms with E-state index in [0.717, 1.165) is 12.3 Å². The monoisotopic (exact) mass is 284 g/mol. The molecule has 0 amide bonds. The van der Waals surface area contributed by atoms with E-state index < -0.39 is 0 Å². The second-order valence-electron chi connectivity index (χ2n) is 5.42. The Hall–Kier alpha value is -1.87. The molecule has 3 nitrogen and oxygen atoms in total. The number of rotatable bonds is 5. The summed E-state index contributed by atoms with van der Waals surface area (Å²) in [5.41, 5.74) is 6.08. The summed E-state index contributed by atoms with van der Waals surface area (Å²) >= 11 is 0. The van der Waals surface area contributed by atoms with Gasteiger partial charge < -0.3 is 10.1 Å². The van der Waals surface area contributed by atoms with Crippen LogP contribution in [0.25, 0.3) is 0 Å². The molecule has 0 fully saturated rings. The molecule has 112 valence electrons. The maximum absolute atomic E-state index is 5.64. The number of hydrogen-bond acceptors (Lipinski definition) is 3. The fourth-order valence-electron chi connectivity index (χ4n) is 2.83. The standard InChI is InChI=1S/C18H24N2O/c1-6-20-18(15-11-19-8-7-13(15)3)17-14(4)9-12(2)10-16(17)21-5/h7-11,18,20H,6H2,1-5H3. The number of benzene rings is 1. The number of aryl methyl sites for hydroxylation is 3. The average Bonchev–Trinajstić information content (AvgIpc) is 2.45. The van der Waals surface area contributed by atoms with E-state index >= 15 is 0 Å². The molecular weight excluding hydrogens is 260 g/mol. The number of nitrogens with one attached hydrogen (secondary N) is 1. The molecular formula is C18H24N2O. The maximum atomic E-state index is 5.64. The summed E-state index contributed by atoms with van der Waals surface area (Å²) in [6, 6.07) is 6.45. The summed E-state index contributed by atoms with van der Waals surface area (Å²) in [6.45, 7) is 9.36. The third-order valence-corrected chi connectivity index (χ3v) is 3.80. The zero-order valence-electron chi connectivity index (χ0n) is 13.5. The van der Waals surface area contributed by atoms with E-state index in [1.807, 2.05) is 12.4 Å². The van der Waals surface area contributed by atoms with Crippen LogP contribution in [0.2, 0.25) is 0 Å². The molecule has 1 aromatic heterocycles. The molecule has 0 bridgehead atoms. The van der Waals surface area contributed by atoms with E-state index in [1.165, 1.54) is 27.8 Å². The number of nitrogens with zero attached hydrogens (tertiary/aromatic N) is 1. The minimum Gasteiger partial charge on any atom is -0.496 e. The summed E-state index contributed by atoms with van der Waals surface area (Å²) in [6.07, 6.45) is 3.78. The highest BCUT2D eigenvalue weighted by Crippen LogP contribution is 2.34. The Labute approximate surface area is 127 Å². The first-order chi connectivity index (χ1) is 10.1. The summed E-state index contributed by atoms with van der Waals surface area (Å²) < 4.78 is 5.64. The molecule has 0 saturated heterocycles. The molecule has 0 spiro atoms. The van der Waals surface area contributed by atoms with Crippen LogP contribution in [-0.4, -0.2) is 18.6 Å². The van der Waals surface area contributed by atoms with Crippen LogP contribution in [-0.2, 0) is 0 Å². The smallest absolute Gasteiger partial charge is 0.124 e. The van der Waals surface area contributed by atoms with Crippen molar-refractivity contribution in [3.8, 4) is 5.75 Å². The predicted octanol–water partition coefficient (Wildman–Crippen LogP) is 3.71. The van der Waals surface area contributed by atoms with E-state index in [0.29, 0.717) is 0 Å². The molecule has 2 rings (SSSR count). The summed E-state index contributed by atoms with van der Waals surface area (Å²) in [5.74, 6) is 0.932. The molecule has 0 saturated carbocycles. The van der Waals surface area contributed by atoms with Gasteiger partial charge in [-0.15, -0.1) is 0 Å². The van der Waals surface area contributed by atoms with Crippen LogP contribution in [0.3, 0.4) is 0 Å². The minimum atomic E-state index is 0.0965. The molecule has 2 aromatic rings. The van der Waals surface area contributed by atoms with Crippen LogP contribution in [0, 0.1) is 20.8 Å². The fourth-order valence-corrected chi connectivity index (χ4v) is 2.83. The zero-order chi connectivity index (χ0) is 15.4.